The molecule has 12 heteroatoms. The van der Waals surface area contributed by atoms with E-state index in [-0.39, 0.29) is 32.8 Å². The number of aliphatic imine (C=N–C) groups is 1. The highest BCUT2D eigenvalue weighted by Gasteiger charge is 2.32. The Morgan fingerprint density at radius 1 is 1.23 bits per heavy atom. The number of benzene rings is 1. The number of aromatic nitrogens is 3. The predicted molar refractivity (Wildman–Crippen MR) is 86.4 cm³/mol. The lowest BCUT2D eigenvalue weighted by Crippen LogP contribution is -2.08. The third-order valence-corrected chi connectivity index (χ3v) is 3.44. The summed E-state index contributed by atoms with van der Waals surface area (Å²) in [7, 11) is 0. The molecule has 0 radical (unpaired) electrons. The first-order chi connectivity index (χ1) is 12.2. The molecule has 2 N–H and O–H groups in total. The molecule has 0 spiro atoms. The Balaban J connectivity index is 2.40. The smallest absolute Gasteiger partial charge is 0.388 e. The molecule has 2 aromatic rings. The van der Waals surface area contributed by atoms with Crippen LogP contribution in [0, 0.1) is 22.7 Å². The third kappa shape index (κ3) is 4.11. The van der Waals surface area contributed by atoms with Crippen LogP contribution in [0.25, 0.3) is 5.69 Å². The number of nitriles is 2. The van der Waals surface area contributed by atoms with Gasteiger partial charge in [0, 0.05) is 0 Å². The van der Waals surface area contributed by atoms with Crippen molar-refractivity contribution in [3.63, 3.8) is 0 Å². The Hall–Kier alpha value is -3.08. The van der Waals surface area contributed by atoms with Gasteiger partial charge in [-0.3, -0.25) is 0 Å². The second kappa shape index (κ2) is 7.44. The van der Waals surface area contributed by atoms with Crippen LogP contribution in [-0.4, -0.2) is 21.2 Å². The molecule has 1 aromatic carbocycles. The molecule has 0 aliphatic rings. The molecule has 0 aliphatic carbocycles. The summed E-state index contributed by atoms with van der Waals surface area (Å²) in [6.45, 7) is 0. The van der Waals surface area contributed by atoms with E-state index in [2.05, 4.69) is 15.2 Å². The molecule has 0 fully saturated rings. The van der Waals surface area contributed by atoms with Gasteiger partial charge in [-0.2, -0.15) is 28.8 Å². The van der Waals surface area contributed by atoms with Crippen LogP contribution in [0.15, 0.2) is 34.7 Å². The molecule has 0 saturated heterocycles. The number of halogens is 5. The van der Waals surface area contributed by atoms with Crippen LogP contribution in [0.1, 0.15) is 11.3 Å². The molecule has 0 atom stereocenters. The number of allylic oxidation sites excluding steroid dienone is 2. The van der Waals surface area contributed by atoms with E-state index in [1.165, 1.54) is 6.20 Å². The van der Waals surface area contributed by atoms with Crippen LogP contribution in [0.5, 0.6) is 0 Å². The maximum atomic E-state index is 12.8. The van der Waals surface area contributed by atoms with Gasteiger partial charge in [0.1, 0.15) is 29.2 Å². The van der Waals surface area contributed by atoms with E-state index in [0.717, 1.165) is 11.0 Å². The number of hydrogen-bond donors (Lipinski definition) is 1. The molecule has 26 heavy (non-hydrogen) atoms. The Labute approximate surface area is 154 Å². The van der Waals surface area contributed by atoms with Gasteiger partial charge in [-0.15, -0.1) is 9.90 Å². The molecule has 1 aromatic heterocycles. The van der Waals surface area contributed by atoms with Crippen molar-refractivity contribution in [1.82, 2.24) is 15.0 Å². The van der Waals surface area contributed by atoms with Crippen molar-refractivity contribution in [2.24, 2.45) is 10.7 Å². The van der Waals surface area contributed by atoms with E-state index < -0.39 is 11.7 Å². The van der Waals surface area contributed by atoms with Gasteiger partial charge < -0.3 is 5.73 Å². The molecule has 0 amide bonds. The first-order valence-corrected chi connectivity index (χ1v) is 7.26. The molecule has 0 saturated carbocycles. The highest BCUT2D eigenvalue weighted by atomic mass is 35.5. The molecule has 0 aliphatic heterocycles. The number of nitrogens with zero attached hydrogens (tertiary/aromatic N) is 6. The average molecular weight is 400 g/mol. The van der Waals surface area contributed by atoms with Gasteiger partial charge in [0.25, 0.3) is 0 Å². The highest BCUT2D eigenvalue weighted by Crippen LogP contribution is 2.36. The van der Waals surface area contributed by atoms with Gasteiger partial charge in [-0.25, -0.2) is 4.99 Å². The molecule has 0 bridgehead atoms. The van der Waals surface area contributed by atoms with Gasteiger partial charge in [-0.1, -0.05) is 23.2 Å². The zero-order valence-electron chi connectivity index (χ0n) is 12.5. The minimum Gasteiger partial charge on any atom is -0.388 e. The van der Waals surface area contributed by atoms with Crippen molar-refractivity contribution in [2.75, 3.05) is 0 Å². The van der Waals surface area contributed by atoms with Gasteiger partial charge in [0.15, 0.2) is 5.70 Å². The highest BCUT2D eigenvalue weighted by molar-refractivity contribution is 6.37. The van der Waals surface area contributed by atoms with Crippen molar-refractivity contribution in [1.29, 1.82) is 10.5 Å². The Morgan fingerprint density at radius 2 is 1.85 bits per heavy atom. The standard InChI is InChI=1S/C14H6Cl2F3N7/c15-9-1-7(14(17,18)19)2-10(16)13(9)26-24-6-8(25-26)5-23-12(4-21)11(22)3-20/h1-2,5-6H,22H2/b12-11-,23-5+. The van der Waals surface area contributed by atoms with E-state index in [4.69, 9.17) is 39.5 Å². The van der Waals surface area contributed by atoms with Crippen LogP contribution < -0.4 is 5.73 Å². The zero-order chi connectivity index (χ0) is 19.5. The summed E-state index contributed by atoms with van der Waals surface area (Å²) >= 11 is 11.7. The summed E-state index contributed by atoms with van der Waals surface area (Å²) in [6.07, 6.45) is -2.31. The van der Waals surface area contributed by atoms with E-state index in [9.17, 15) is 13.2 Å². The van der Waals surface area contributed by atoms with Crippen LogP contribution in [-0.2, 0) is 6.18 Å². The van der Waals surface area contributed by atoms with Crippen LogP contribution in [0.4, 0.5) is 13.2 Å². The Kier molecular flexibility index (Phi) is 5.50. The molecule has 132 valence electrons. The molecular weight excluding hydrogens is 394 g/mol. The predicted octanol–water partition coefficient (Wildman–Crippen LogP) is 3.23. The molecule has 0 unspecified atom stereocenters. The zero-order valence-corrected chi connectivity index (χ0v) is 14.0. The normalized spacial score (nSPS) is 12.6. The molecule has 7 nitrogen and oxygen atoms in total. The fraction of sp³-hybridized carbons (Fsp3) is 0.0714. The lowest BCUT2D eigenvalue weighted by molar-refractivity contribution is -0.137. The molecule has 2 rings (SSSR count). The van der Waals surface area contributed by atoms with Crippen molar-refractivity contribution in [3.8, 4) is 17.8 Å². The largest absolute Gasteiger partial charge is 0.416 e. The Bertz CT molecular complexity index is 970. The van der Waals surface area contributed by atoms with Crippen LogP contribution >= 0.6 is 23.2 Å². The van der Waals surface area contributed by atoms with Crippen molar-refractivity contribution in [3.05, 3.63) is 51.0 Å². The second-order valence-electron chi connectivity index (χ2n) is 4.59. The average Bonchev–Trinajstić information content (AvgIpc) is 3.02. The fourth-order valence-corrected chi connectivity index (χ4v) is 2.34. The maximum Gasteiger partial charge on any atom is 0.416 e. The van der Waals surface area contributed by atoms with Gasteiger partial charge >= 0.3 is 6.18 Å². The lowest BCUT2D eigenvalue weighted by Gasteiger charge is -2.11. The number of rotatable bonds is 3. The summed E-state index contributed by atoms with van der Waals surface area (Å²) in [5.74, 6) is 0. The van der Waals surface area contributed by atoms with Crippen LogP contribution in [0.3, 0.4) is 0 Å². The summed E-state index contributed by atoms with van der Waals surface area (Å²) < 4.78 is 38.3. The van der Waals surface area contributed by atoms with E-state index in [1.54, 1.807) is 12.1 Å². The number of hydrogen-bond acceptors (Lipinski definition) is 6. The number of nitrogens with two attached hydrogens (primary N) is 1. The number of alkyl halides is 3. The minimum atomic E-state index is -4.61. The summed E-state index contributed by atoms with van der Waals surface area (Å²) in [5.41, 5.74) is 3.63. The summed E-state index contributed by atoms with van der Waals surface area (Å²) in [4.78, 5) is 4.61. The Morgan fingerprint density at radius 3 is 2.35 bits per heavy atom. The first-order valence-electron chi connectivity index (χ1n) is 6.50. The van der Waals surface area contributed by atoms with Crippen molar-refractivity contribution >= 4 is 29.4 Å². The summed E-state index contributed by atoms with van der Waals surface area (Å²) in [6, 6.07) is 4.60. The van der Waals surface area contributed by atoms with Gasteiger partial charge in [-0.05, 0) is 12.1 Å². The topological polar surface area (TPSA) is 117 Å². The fourth-order valence-electron chi connectivity index (χ4n) is 1.70. The SMILES string of the molecule is N#C/C(N)=C(C#N)/N=C/c1cnn(-c2c(Cl)cc(C(F)(F)F)cc2Cl)n1. The van der Waals surface area contributed by atoms with Crippen molar-refractivity contribution in [2.45, 2.75) is 6.18 Å². The maximum absolute atomic E-state index is 12.8. The first kappa shape index (κ1) is 19.2. The van der Waals surface area contributed by atoms with Crippen LogP contribution in [0.2, 0.25) is 10.0 Å². The van der Waals surface area contributed by atoms with Gasteiger partial charge in [0.05, 0.1) is 28.0 Å². The van der Waals surface area contributed by atoms with Crippen molar-refractivity contribution < 1.29 is 13.2 Å². The lowest BCUT2D eigenvalue weighted by atomic mass is 10.2. The van der Waals surface area contributed by atoms with E-state index >= 15 is 0 Å². The van der Waals surface area contributed by atoms with Gasteiger partial charge in [0.2, 0.25) is 0 Å². The quantitative estimate of drug-likeness (QED) is 0.627. The molecule has 1 heterocycles. The summed E-state index contributed by atoms with van der Waals surface area (Å²) in [5, 5.41) is 24.6. The molecular formula is C14H6Cl2F3N7. The second-order valence-corrected chi connectivity index (χ2v) is 5.40. The monoisotopic (exact) mass is 399 g/mol. The van der Waals surface area contributed by atoms with E-state index in [0.29, 0.717) is 12.1 Å². The minimum absolute atomic E-state index is 0.0615. The van der Waals surface area contributed by atoms with E-state index in [1.807, 2.05) is 0 Å². The third-order valence-electron chi connectivity index (χ3n) is 2.86.